The second-order valence-electron chi connectivity index (χ2n) is 4.58. The van der Waals surface area contributed by atoms with Crippen molar-refractivity contribution < 1.29 is 9.59 Å². The molecular formula is C13H18ClN3O2. The molecule has 2 unspecified atom stereocenters. The lowest BCUT2D eigenvalue weighted by molar-refractivity contribution is -0.126. The van der Waals surface area contributed by atoms with E-state index in [4.69, 9.17) is 11.5 Å². The third-order valence-corrected chi connectivity index (χ3v) is 3.21. The molecule has 5 N–H and O–H groups in total. The van der Waals surface area contributed by atoms with Crippen LogP contribution in [0.1, 0.15) is 30.0 Å². The summed E-state index contributed by atoms with van der Waals surface area (Å²) < 4.78 is 0. The smallest absolute Gasteiger partial charge is 0.237 e. The Balaban J connectivity index is 0.00000180. The molecule has 0 radical (unpaired) electrons. The normalized spacial score (nSPS) is 18.1. The van der Waals surface area contributed by atoms with Gasteiger partial charge < -0.3 is 16.8 Å². The molecule has 0 heterocycles. The number of carbonyl (C=O) groups excluding carboxylic acids is 2. The number of carbonyl (C=O) groups is 2. The van der Waals surface area contributed by atoms with Crippen LogP contribution in [0.25, 0.3) is 0 Å². The van der Waals surface area contributed by atoms with Crippen molar-refractivity contribution in [3.05, 3.63) is 35.4 Å². The van der Waals surface area contributed by atoms with E-state index in [1.807, 2.05) is 18.2 Å². The Labute approximate surface area is 118 Å². The third kappa shape index (κ3) is 3.68. The van der Waals surface area contributed by atoms with Crippen molar-refractivity contribution in [3.8, 4) is 0 Å². The molecule has 2 rings (SSSR count). The van der Waals surface area contributed by atoms with E-state index >= 15 is 0 Å². The van der Waals surface area contributed by atoms with E-state index in [0.717, 1.165) is 18.4 Å². The van der Waals surface area contributed by atoms with E-state index in [0.29, 0.717) is 0 Å². The van der Waals surface area contributed by atoms with Crippen molar-refractivity contribution >= 4 is 24.2 Å². The van der Waals surface area contributed by atoms with Gasteiger partial charge in [-0.25, -0.2) is 0 Å². The predicted octanol–water partition coefficient (Wildman–Crippen LogP) is 0.415. The van der Waals surface area contributed by atoms with Gasteiger partial charge in [0.15, 0.2) is 0 Å². The maximum absolute atomic E-state index is 11.8. The lowest BCUT2D eigenvalue weighted by Crippen LogP contribution is -2.43. The quantitative estimate of drug-likeness (QED) is 0.746. The molecule has 19 heavy (non-hydrogen) atoms. The van der Waals surface area contributed by atoms with Crippen LogP contribution in [-0.2, 0) is 16.0 Å². The Hall–Kier alpha value is -1.59. The first-order valence-corrected chi connectivity index (χ1v) is 6.00. The zero-order valence-electron chi connectivity index (χ0n) is 10.5. The highest BCUT2D eigenvalue weighted by Crippen LogP contribution is 2.30. The lowest BCUT2D eigenvalue weighted by Gasteiger charge is -2.17. The van der Waals surface area contributed by atoms with Crippen LogP contribution < -0.4 is 16.8 Å². The van der Waals surface area contributed by atoms with E-state index in [1.165, 1.54) is 5.56 Å². The second-order valence-corrected chi connectivity index (χ2v) is 4.58. The van der Waals surface area contributed by atoms with Crippen LogP contribution in [0.3, 0.4) is 0 Å². The van der Waals surface area contributed by atoms with Gasteiger partial charge in [-0.2, -0.15) is 0 Å². The average Bonchev–Trinajstić information content (AvgIpc) is 2.72. The molecule has 1 aromatic rings. The SMILES string of the molecule is Cl.NC(=O)CC(N)C(=O)NC1CCc2ccccc21. The minimum absolute atomic E-state index is 0. The summed E-state index contributed by atoms with van der Waals surface area (Å²) in [5.74, 6) is -0.889. The number of rotatable bonds is 4. The van der Waals surface area contributed by atoms with Gasteiger partial charge in [-0.1, -0.05) is 24.3 Å². The number of primary amides is 1. The van der Waals surface area contributed by atoms with Crippen molar-refractivity contribution in [2.24, 2.45) is 11.5 Å². The zero-order chi connectivity index (χ0) is 13.1. The number of hydrogen-bond acceptors (Lipinski definition) is 3. The minimum atomic E-state index is -0.865. The van der Waals surface area contributed by atoms with Gasteiger partial charge in [0.05, 0.1) is 18.5 Å². The number of benzene rings is 1. The van der Waals surface area contributed by atoms with Gasteiger partial charge in [-0.3, -0.25) is 9.59 Å². The first kappa shape index (κ1) is 15.5. The fraction of sp³-hybridized carbons (Fsp3) is 0.385. The Morgan fingerprint density at radius 1 is 1.37 bits per heavy atom. The molecule has 0 fully saturated rings. The number of halogens is 1. The van der Waals surface area contributed by atoms with Gasteiger partial charge in [-0.15, -0.1) is 12.4 Å². The topological polar surface area (TPSA) is 98.2 Å². The molecule has 0 saturated heterocycles. The molecule has 2 amide bonds. The minimum Gasteiger partial charge on any atom is -0.370 e. The molecule has 0 aromatic heterocycles. The van der Waals surface area contributed by atoms with Crippen molar-refractivity contribution in [2.45, 2.75) is 31.3 Å². The van der Waals surface area contributed by atoms with Crippen LogP contribution in [0.2, 0.25) is 0 Å². The van der Waals surface area contributed by atoms with Gasteiger partial charge in [0.2, 0.25) is 11.8 Å². The monoisotopic (exact) mass is 283 g/mol. The van der Waals surface area contributed by atoms with Crippen molar-refractivity contribution in [1.82, 2.24) is 5.32 Å². The van der Waals surface area contributed by atoms with Gasteiger partial charge in [0.1, 0.15) is 0 Å². The molecule has 0 saturated carbocycles. The molecule has 104 valence electrons. The fourth-order valence-electron chi connectivity index (χ4n) is 2.30. The average molecular weight is 284 g/mol. The molecule has 0 aliphatic heterocycles. The number of fused-ring (bicyclic) bond motifs is 1. The number of nitrogens with one attached hydrogen (secondary N) is 1. The maximum Gasteiger partial charge on any atom is 0.237 e. The number of amides is 2. The highest BCUT2D eigenvalue weighted by Gasteiger charge is 2.25. The summed E-state index contributed by atoms with van der Waals surface area (Å²) >= 11 is 0. The van der Waals surface area contributed by atoms with Crippen LogP contribution in [0, 0.1) is 0 Å². The molecule has 1 aromatic carbocycles. The number of aryl methyl sites for hydroxylation is 1. The summed E-state index contributed by atoms with van der Waals surface area (Å²) in [5, 5.41) is 2.87. The molecule has 6 heteroatoms. The van der Waals surface area contributed by atoms with Gasteiger partial charge >= 0.3 is 0 Å². The standard InChI is InChI=1S/C13H17N3O2.ClH/c14-10(7-12(15)17)13(18)16-11-6-5-8-3-1-2-4-9(8)11;/h1-4,10-11H,5-7,14H2,(H2,15,17)(H,16,18);1H. The van der Waals surface area contributed by atoms with Crippen LogP contribution >= 0.6 is 12.4 Å². The van der Waals surface area contributed by atoms with Gasteiger partial charge in [0, 0.05) is 0 Å². The molecule has 2 atom stereocenters. The molecular weight excluding hydrogens is 266 g/mol. The summed E-state index contributed by atoms with van der Waals surface area (Å²) in [6.45, 7) is 0. The van der Waals surface area contributed by atoms with Crippen LogP contribution in [0.4, 0.5) is 0 Å². The van der Waals surface area contributed by atoms with E-state index in [-0.39, 0.29) is 30.8 Å². The third-order valence-electron chi connectivity index (χ3n) is 3.21. The predicted molar refractivity (Wildman–Crippen MR) is 74.7 cm³/mol. The lowest BCUT2D eigenvalue weighted by atomic mass is 10.1. The number of hydrogen-bond donors (Lipinski definition) is 3. The summed E-state index contributed by atoms with van der Waals surface area (Å²) in [6, 6.07) is 7.13. The summed E-state index contributed by atoms with van der Waals surface area (Å²) in [5.41, 5.74) is 13.0. The highest BCUT2D eigenvalue weighted by atomic mass is 35.5. The van der Waals surface area contributed by atoms with E-state index < -0.39 is 11.9 Å². The maximum atomic E-state index is 11.8. The summed E-state index contributed by atoms with van der Waals surface area (Å²) in [6.07, 6.45) is 1.70. The van der Waals surface area contributed by atoms with Gasteiger partial charge in [0.25, 0.3) is 0 Å². The molecule has 0 bridgehead atoms. The Kier molecular flexibility index (Phi) is 5.32. The molecule has 0 spiro atoms. The Morgan fingerprint density at radius 2 is 2.05 bits per heavy atom. The Morgan fingerprint density at radius 3 is 2.74 bits per heavy atom. The van der Waals surface area contributed by atoms with E-state index in [9.17, 15) is 9.59 Å². The first-order valence-electron chi connectivity index (χ1n) is 6.00. The fourth-order valence-corrected chi connectivity index (χ4v) is 2.30. The van der Waals surface area contributed by atoms with Crippen molar-refractivity contribution in [2.75, 3.05) is 0 Å². The largest absolute Gasteiger partial charge is 0.370 e. The van der Waals surface area contributed by atoms with Crippen molar-refractivity contribution in [1.29, 1.82) is 0 Å². The molecule has 1 aliphatic carbocycles. The number of nitrogens with two attached hydrogens (primary N) is 2. The van der Waals surface area contributed by atoms with E-state index in [1.54, 1.807) is 0 Å². The molecule has 1 aliphatic rings. The zero-order valence-corrected chi connectivity index (χ0v) is 11.3. The van der Waals surface area contributed by atoms with Crippen LogP contribution in [-0.4, -0.2) is 17.9 Å². The second kappa shape index (κ2) is 6.54. The van der Waals surface area contributed by atoms with Crippen LogP contribution in [0.15, 0.2) is 24.3 Å². The van der Waals surface area contributed by atoms with Crippen molar-refractivity contribution in [3.63, 3.8) is 0 Å². The summed E-state index contributed by atoms with van der Waals surface area (Å²) in [4.78, 5) is 22.5. The summed E-state index contributed by atoms with van der Waals surface area (Å²) in [7, 11) is 0. The van der Waals surface area contributed by atoms with E-state index in [2.05, 4.69) is 11.4 Å². The van der Waals surface area contributed by atoms with Gasteiger partial charge in [-0.05, 0) is 24.0 Å². The Bertz CT molecular complexity index is 479. The molecule has 5 nitrogen and oxygen atoms in total. The highest BCUT2D eigenvalue weighted by molar-refractivity contribution is 5.87. The van der Waals surface area contributed by atoms with Crippen LogP contribution in [0.5, 0.6) is 0 Å². The first-order chi connectivity index (χ1) is 8.58.